The average Bonchev–Trinajstić information content (AvgIpc) is 3.46. The minimum Gasteiger partial charge on any atom is -0.351 e. The molecule has 2 N–H and O–H groups in total. The molecule has 0 spiro atoms. The summed E-state index contributed by atoms with van der Waals surface area (Å²) in [6, 6.07) is 14.7. The van der Waals surface area contributed by atoms with E-state index in [1.165, 1.54) is 17.7 Å². The third kappa shape index (κ3) is 4.09. The van der Waals surface area contributed by atoms with Crippen molar-refractivity contribution in [2.45, 2.75) is 23.8 Å². The van der Waals surface area contributed by atoms with E-state index in [0.717, 1.165) is 22.8 Å². The Balaban J connectivity index is 1.67. The van der Waals surface area contributed by atoms with Crippen LogP contribution in [-0.2, 0) is 0 Å². The normalized spacial score (nSPS) is 13.5. The first kappa shape index (κ1) is 15.9. The third-order valence-electron chi connectivity index (χ3n) is 3.95. The topological polar surface area (TPSA) is 62.7 Å². The molecule has 0 bridgehead atoms. The van der Waals surface area contributed by atoms with Gasteiger partial charge >= 0.3 is 0 Å². The van der Waals surface area contributed by atoms with Crippen LogP contribution in [0.3, 0.4) is 0 Å². The number of anilines is 3. The predicted molar refractivity (Wildman–Crippen MR) is 103 cm³/mol. The minimum absolute atomic E-state index is 0.500. The van der Waals surface area contributed by atoms with Gasteiger partial charge in [0.1, 0.15) is 5.82 Å². The number of nitrogens with zero attached hydrogens (tertiary/aromatic N) is 3. The van der Waals surface area contributed by atoms with Crippen LogP contribution in [0.15, 0.2) is 59.8 Å². The van der Waals surface area contributed by atoms with Gasteiger partial charge < -0.3 is 10.6 Å². The maximum absolute atomic E-state index is 4.67. The molecule has 2 heterocycles. The Hall–Kier alpha value is -2.60. The first-order valence-electron chi connectivity index (χ1n) is 8.27. The van der Waals surface area contributed by atoms with Gasteiger partial charge in [0.05, 0.1) is 5.69 Å². The fourth-order valence-corrected chi connectivity index (χ4v) is 2.96. The highest BCUT2D eigenvalue weighted by atomic mass is 32.2. The molecule has 1 aliphatic rings. The number of rotatable bonds is 6. The Morgan fingerprint density at radius 2 is 1.88 bits per heavy atom. The van der Waals surface area contributed by atoms with Crippen molar-refractivity contribution in [1.29, 1.82) is 0 Å². The molecule has 0 saturated heterocycles. The highest BCUT2D eigenvalue weighted by Gasteiger charge is 2.22. The molecule has 126 valence electrons. The van der Waals surface area contributed by atoms with Gasteiger partial charge in [0, 0.05) is 40.6 Å². The summed E-state index contributed by atoms with van der Waals surface area (Å²) in [5, 5.41) is 6.80. The first-order chi connectivity index (χ1) is 12.3. The zero-order valence-electron chi connectivity index (χ0n) is 13.9. The summed E-state index contributed by atoms with van der Waals surface area (Å²) in [6.45, 7) is 0. The smallest absolute Gasteiger partial charge is 0.225 e. The van der Waals surface area contributed by atoms with Gasteiger partial charge in [0.2, 0.25) is 5.95 Å². The fourth-order valence-electron chi connectivity index (χ4n) is 2.51. The SMILES string of the molecule is CSc1cccc(Nc2cc(-c3ccncc3)nc(NC3CC3)n2)c1. The number of nitrogens with one attached hydrogen (secondary N) is 2. The molecule has 6 heteroatoms. The quantitative estimate of drug-likeness (QED) is 0.635. The summed E-state index contributed by atoms with van der Waals surface area (Å²) < 4.78 is 0. The maximum Gasteiger partial charge on any atom is 0.225 e. The van der Waals surface area contributed by atoms with Crippen LogP contribution in [0.25, 0.3) is 11.3 Å². The Bertz CT molecular complexity index is 865. The van der Waals surface area contributed by atoms with Gasteiger partial charge in [-0.25, -0.2) is 4.98 Å². The number of aromatic nitrogens is 3. The van der Waals surface area contributed by atoms with Crippen molar-refractivity contribution in [3.63, 3.8) is 0 Å². The van der Waals surface area contributed by atoms with Crippen molar-refractivity contribution in [1.82, 2.24) is 15.0 Å². The minimum atomic E-state index is 0.500. The van der Waals surface area contributed by atoms with Gasteiger partial charge in [-0.2, -0.15) is 4.98 Å². The molecule has 0 amide bonds. The second kappa shape index (κ2) is 7.11. The van der Waals surface area contributed by atoms with Crippen LogP contribution in [0, 0.1) is 0 Å². The first-order valence-corrected chi connectivity index (χ1v) is 9.50. The highest BCUT2D eigenvalue weighted by molar-refractivity contribution is 7.98. The summed E-state index contributed by atoms with van der Waals surface area (Å²) in [5.41, 5.74) is 2.92. The number of thioether (sulfide) groups is 1. The van der Waals surface area contributed by atoms with E-state index in [9.17, 15) is 0 Å². The van der Waals surface area contributed by atoms with Crippen molar-refractivity contribution < 1.29 is 0 Å². The molecule has 0 radical (unpaired) electrons. The van der Waals surface area contributed by atoms with Gasteiger partial charge in [0.15, 0.2) is 0 Å². The van der Waals surface area contributed by atoms with Crippen LogP contribution in [0.5, 0.6) is 0 Å². The van der Waals surface area contributed by atoms with E-state index in [1.807, 2.05) is 30.3 Å². The molecule has 0 atom stereocenters. The summed E-state index contributed by atoms with van der Waals surface area (Å²) in [5.74, 6) is 1.45. The molecule has 0 aliphatic heterocycles. The van der Waals surface area contributed by atoms with Gasteiger partial charge in [0.25, 0.3) is 0 Å². The molecule has 1 fully saturated rings. The zero-order chi connectivity index (χ0) is 17.1. The van der Waals surface area contributed by atoms with Crippen LogP contribution in [0.4, 0.5) is 17.5 Å². The summed E-state index contributed by atoms with van der Waals surface area (Å²) in [6.07, 6.45) is 7.99. The van der Waals surface area contributed by atoms with Crippen LogP contribution in [-0.4, -0.2) is 27.2 Å². The van der Waals surface area contributed by atoms with Crippen molar-refractivity contribution in [2.24, 2.45) is 0 Å². The van der Waals surface area contributed by atoms with Crippen LogP contribution < -0.4 is 10.6 Å². The maximum atomic E-state index is 4.67. The van der Waals surface area contributed by atoms with E-state index in [2.05, 4.69) is 44.0 Å². The number of pyridine rings is 1. The number of hydrogen-bond donors (Lipinski definition) is 2. The van der Waals surface area contributed by atoms with Crippen molar-refractivity contribution in [2.75, 3.05) is 16.9 Å². The fraction of sp³-hybridized carbons (Fsp3) is 0.211. The Morgan fingerprint density at radius 1 is 1.04 bits per heavy atom. The van der Waals surface area contributed by atoms with E-state index in [0.29, 0.717) is 12.0 Å². The molecular formula is C19H19N5S. The lowest BCUT2D eigenvalue weighted by Gasteiger charge is -2.11. The van der Waals surface area contributed by atoms with E-state index in [-0.39, 0.29) is 0 Å². The molecule has 2 aromatic heterocycles. The number of hydrogen-bond acceptors (Lipinski definition) is 6. The molecule has 3 aromatic rings. The van der Waals surface area contributed by atoms with Gasteiger partial charge in [-0.05, 0) is 49.4 Å². The van der Waals surface area contributed by atoms with Crippen molar-refractivity contribution >= 4 is 29.2 Å². The molecule has 25 heavy (non-hydrogen) atoms. The monoisotopic (exact) mass is 349 g/mol. The zero-order valence-corrected chi connectivity index (χ0v) is 14.8. The standard InChI is InChI=1S/C19H19N5S/c1-25-16-4-2-3-15(11-16)21-18-12-17(13-7-9-20-10-8-13)23-19(24-18)22-14-5-6-14/h2-4,7-12,14H,5-6H2,1H3,(H2,21,22,23,24). The van der Waals surface area contributed by atoms with E-state index in [4.69, 9.17) is 0 Å². The predicted octanol–water partition coefficient (Wildman–Crippen LogP) is 4.58. The molecule has 1 aromatic carbocycles. The van der Waals surface area contributed by atoms with Crippen molar-refractivity contribution in [3.8, 4) is 11.3 Å². The Kier molecular flexibility index (Phi) is 4.52. The molecule has 4 rings (SSSR count). The lowest BCUT2D eigenvalue weighted by Crippen LogP contribution is -2.07. The summed E-state index contributed by atoms with van der Waals surface area (Å²) >= 11 is 1.72. The summed E-state index contributed by atoms with van der Waals surface area (Å²) in [4.78, 5) is 14.6. The van der Waals surface area contributed by atoms with Crippen LogP contribution in [0.2, 0.25) is 0 Å². The Morgan fingerprint density at radius 3 is 2.64 bits per heavy atom. The Labute approximate surface area is 151 Å². The molecule has 1 saturated carbocycles. The third-order valence-corrected chi connectivity index (χ3v) is 4.68. The summed E-state index contributed by atoms with van der Waals surface area (Å²) in [7, 11) is 0. The molecule has 0 unspecified atom stereocenters. The van der Waals surface area contributed by atoms with E-state index in [1.54, 1.807) is 24.2 Å². The van der Waals surface area contributed by atoms with Gasteiger partial charge in [-0.3, -0.25) is 4.98 Å². The highest BCUT2D eigenvalue weighted by Crippen LogP contribution is 2.28. The second-order valence-corrected chi connectivity index (χ2v) is 6.85. The van der Waals surface area contributed by atoms with Crippen LogP contribution in [0.1, 0.15) is 12.8 Å². The van der Waals surface area contributed by atoms with E-state index >= 15 is 0 Å². The number of benzene rings is 1. The van der Waals surface area contributed by atoms with Gasteiger partial charge in [-0.1, -0.05) is 6.07 Å². The van der Waals surface area contributed by atoms with Gasteiger partial charge in [-0.15, -0.1) is 11.8 Å². The second-order valence-electron chi connectivity index (χ2n) is 5.97. The lowest BCUT2D eigenvalue weighted by molar-refractivity contribution is 1.06. The van der Waals surface area contributed by atoms with Crippen molar-refractivity contribution in [3.05, 3.63) is 54.9 Å². The molecule has 1 aliphatic carbocycles. The van der Waals surface area contributed by atoms with Crippen LogP contribution >= 0.6 is 11.8 Å². The lowest BCUT2D eigenvalue weighted by atomic mass is 10.2. The molecular weight excluding hydrogens is 330 g/mol. The largest absolute Gasteiger partial charge is 0.351 e. The molecule has 5 nitrogen and oxygen atoms in total. The van der Waals surface area contributed by atoms with E-state index < -0.39 is 0 Å². The average molecular weight is 349 g/mol.